The Labute approximate surface area is 168 Å². The van der Waals surface area contributed by atoms with Crippen molar-refractivity contribution in [2.45, 2.75) is 24.9 Å². The molecule has 1 aromatic heterocycles. The molecule has 2 N–H and O–H groups in total. The maximum Gasteiger partial charge on any atom is 0.134 e. The zero-order valence-electron chi connectivity index (χ0n) is 14.6. The monoisotopic (exact) mass is 399 g/mol. The lowest BCUT2D eigenvalue weighted by atomic mass is 10.1. The fraction of sp³-hybridized carbons (Fsp3) is 0.238. The smallest absolute Gasteiger partial charge is 0.134 e. The lowest BCUT2D eigenvalue weighted by Gasteiger charge is -2.14. The summed E-state index contributed by atoms with van der Waals surface area (Å²) in [7, 11) is 0. The molecular formula is C21H19Cl2N3O. The van der Waals surface area contributed by atoms with Gasteiger partial charge in [-0.05, 0) is 30.5 Å². The Balaban J connectivity index is 1.58. The van der Waals surface area contributed by atoms with Crippen LogP contribution in [0.1, 0.15) is 36.3 Å². The van der Waals surface area contributed by atoms with E-state index >= 15 is 0 Å². The van der Waals surface area contributed by atoms with Gasteiger partial charge in [0.2, 0.25) is 0 Å². The average Bonchev–Trinajstić information content (AvgIpc) is 3.54. The standard InChI is InChI=1S/C21H19Cl2N3O/c22-16-9-8-15(10-17(16)23)18-11-20(26-21(25-18)14-6-7-14)24-12-19(27)13-4-2-1-3-5-13/h1-5,8-11,14,19,27H,6-7,12H2,(H,24,25,26)/t19-/m0/s1. The fourth-order valence-electron chi connectivity index (χ4n) is 2.88. The molecule has 0 radical (unpaired) electrons. The summed E-state index contributed by atoms with van der Waals surface area (Å²) < 4.78 is 0. The predicted octanol–water partition coefficient (Wildman–Crippen LogP) is 5.47. The first-order valence-corrected chi connectivity index (χ1v) is 9.67. The minimum Gasteiger partial charge on any atom is -0.387 e. The average molecular weight is 400 g/mol. The number of halogens is 2. The molecule has 1 aliphatic rings. The number of hydrogen-bond donors (Lipinski definition) is 2. The second-order valence-electron chi connectivity index (χ2n) is 6.71. The molecule has 0 unspecified atom stereocenters. The molecule has 138 valence electrons. The van der Waals surface area contributed by atoms with E-state index in [0.717, 1.165) is 35.5 Å². The SMILES string of the molecule is O[C@@H](CNc1cc(-c2ccc(Cl)c(Cl)c2)nc(C2CC2)n1)c1ccccc1. The molecule has 1 heterocycles. The summed E-state index contributed by atoms with van der Waals surface area (Å²) in [5, 5.41) is 14.6. The van der Waals surface area contributed by atoms with Crippen LogP contribution in [-0.4, -0.2) is 21.6 Å². The van der Waals surface area contributed by atoms with Crippen LogP contribution >= 0.6 is 23.2 Å². The van der Waals surface area contributed by atoms with Crippen molar-refractivity contribution in [3.63, 3.8) is 0 Å². The van der Waals surface area contributed by atoms with Crippen molar-refractivity contribution in [3.05, 3.63) is 76.0 Å². The number of nitrogens with zero attached hydrogens (tertiary/aromatic N) is 2. The van der Waals surface area contributed by atoms with Gasteiger partial charge in [0.25, 0.3) is 0 Å². The molecule has 4 nitrogen and oxygen atoms in total. The first kappa shape index (κ1) is 18.2. The molecule has 2 aromatic carbocycles. The Bertz CT molecular complexity index is 945. The van der Waals surface area contributed by atoms with Gasteiger partial charge in [-0.25, -0.2) is 9.97 Å². The number of hydrogen-bond acceptors (Lipinski definition) is 4. The Kier molecular flexibility index (Phi) is 5.30. The number of aliphatic hydroxyl groups is 1. The third-order valence-electron chi connectivity index (χ3n) is 4.56. The van der Waals surface area contributed by atoms with Crippen molar-refractivity contribution < 1.29 is 5.11 Å². The molecule has 0 saturated heterocycles. The molecule has 3 aromatic rings. The molecular weight excluding hydrogens is 381 g/mol. The third-order valence-corrected chi connectivity index (χ3v) is 5.30. The van der Waals surface area contributed by atoms with E-state index in [0.29, 0.717) is 28.3 Å². The Hall–Kier alpha value is -2.14. The van der Waals surface area contributed by atoms with Gasteiger partial charge in [-0.2, -0.15) is 0 Å². The van der Waals surface area contributed by atoms with E-state index in [-0.39, 0.29) is 0 Å². The molecule has 27 heavy (non-hydrogen) atoms. The van der Waals surface area contributed by atoms with E-state index in [4.69, 9.17) is 28.2 Å². The van der Waals surface area contributed by atoms with Crippen LogP contribution in [0.25, 0.3) is 11.3 Å². The molecule has 0 aliphatic heterocycles. The van der Waals surface area contributed by atoms with Crippen molar-refractivity contribution in [2.24, 2.45) is 0 Å². The summed E-state index contributed by atoms with van der Waals surface area (Å²) in [4.78, 5) is 9.34. The second kappa shape index (κ2) is 7.85. The lowest BCUT2D eigenvalue weighted by Crippen LogP contribution is -2.14. The minimum absolute atomic E-state index is 0.367. The predicted molar refractivity (Wildman–Crippen MR) is 109 cm³/mol. The van der Waals surface area contributed by atoms with E-state index in [2.05, 4.69) is 10.3 Å². The van der Waals surface area contributed by atoms with Crippen molar-refractivity contribution >= 4 is 29.0 Å². The largest absolute Gasteiger partial charge is 0.387 e. The number of aliphatic hydroxyl groups excluding tert-OH is 1. The second-order valence-corrected chi connectivity index (χ2v) is 7.52. The number of rotatable bonds is 6. The number of benzene rings is 2. The van der Waals surface area contributed by atoms with Gasteiger partial charge in [-0.1, -0.05) is 59.6 Å². The zero-order chi connectivity index (χ0) is 18.8. The van der Waals surface area contributed by atoms with Gasteiger partial charge in [-0.15, -0.1) is 0 Å². The van der Waals surface area contributed by atoms with Gasteiger partial charge in [0.05, 0.1) is 21.8 Å². The summed E-state index contributed by atoms with van der Waals surface area (Å²) in [6, 6.07) is 16.9. The quantitative estimate of drug-likeness (QED) is 0.576. The molecule has 1 aliphatic carbocycles. The van der Waals surface area contributed by atoms with Crippen LogP contribution in [0.2, 0.25) is 10.0 Å². The summed E-state index contributed by atoms with van der Waals surface area (Å²) in [5.74, 6) is 1.94. The van der Waals surface area contributed by atoms with E-state index < -0.39 is 6.10 Å². The van der Waals surface area contributed by atoms with Gasteiger partial charge >= 0.3 is 0 Å². The first-order valence-electron chi connectivity index (χ1n) is 8.91. The van der Waals surface area contributed by atoms with Crippen LogP contribution in [-0.2, 0) is 0 Å². The number of nitrogens with one attached hydrogen (secondary N) is 1. The van der Waals surface area contributed by atoms with Crippen molar-refractivity contribution in [1.29, 1.82) is 0 Å². The number of aromatic nitrogens is 2. The third kappa shape index (κ3) is 4.41. The Morgan fingerprint density at radius 2 is 1.78 bits per heavy atom. The summed E-state index contributed by atoms with van der Waals surface area (Å²) in [6.45, 7) is 0.367. The highest BCUT2D eigenvalue weighted by atomic mass is 35.5. The summed E-state index contributed by atoms with van der Waals surface area (Å²) in [5.41, 5.74) is 2.55. The van der Waals surface area contributed by atoms with Crippen molar-refractivity contribution in [2.75, 3.05) is 11.9 Å². The molecule has 0 amide bonds. The van der Waals surface area contributed by atoms with Gasteiger partial charge in [0.15, 0.2) is 0 Å². The van der Waals surface area contributed by atoms with E-state index in [9.17, 15) is 5.11 Å². The highest BCUT2D eigenvalue weighted by molar-refractivity contribution is 6.42. The van der Waals surface area contributed by atoms with Gasteiger partial charge in [-0.3, -0.25) is 0 Å². The molecule has 6 heteroatoms. The summed E-state index contributed by atoms with van der Waals surface area (Å²) in [6.07, 6.45) is 1.60. The van der Waals surface area contributed by atoms with Crippen LogP contribution in [0.3, 0.4) is 0 Å². The summed E-state index contributed by atoms with van der Waals surface area (Å²) >= 11 is 12.2. The van der Waals surface area contributed by atoms with Crippen LogP contribution < -0.4 is 5.32 Å². The molecule has 1 atom stereocenters. The first-order chi connectivity index (χ1) is 13.1. The Morgan fingerprint density at radius 1 is 1.00 bits per heavy atom. The van der Waals surface area contributed by atoms with Gasteiger partial charge < -0.3 is 10.4 Å². The normalized spacial score (nSPS) is 14.8. The highest BCUT2D eigenvalue weighted by Crippen LogP contribution is 2.39. The fourth-order valence-corrected chi connectivity index (χ4v) is 3.18. The minimum atomic E-state index is -0.612. The maximum absolute atomic E-state index is 10.4. The van der Waals surface area contributed by atoms with Crippen LogP contribution in [0, 0.1) is 0 Å². The molecule has 0 spiro atoms. The zero-order valence-corrected chi connectivity index (χ0v) is 16.1. The van der Waals surface area contributed by atoms with Crippen LogP contribution in [0.5, 0.6) is 0 Å². The Morgan fingerprint density at radius 3 is 2.48 bits per heavy atom. The van der Waals surface area contributed by atoms with Gasteiger partial charge in [0, 0.05) is 24.1 Å². The molecule has 1 fully saturated rings. The maximum atomic E-state index is 10.4. The molecule has 1 saturated carbocycles. The molecule has 4 rings (SSSR count). The number of anilines is 1. The van der Waals surface area contributed by atoms with E-state index in [1.54, 1.807) is 6.07 Å². The topological polar surface area (TPSA) is 58.0 Å². The van der Waals surface area contributed by atoms with Crippen molar-refractivity contribution in [3.8, 4) is 11.3 Å². The van der Waals surface area contributed by atoms with Crippen LogP contribution in [0.15, 0.2) is 54.6 Å². The highest BCUT2D eigenvalue weighted by Gasteiger charge is 2.27. The van der Waals surface area contributed by atoms with E-state index in [1.165, 1.54) is 0 Å². The van der Waals surface area contributed by atoms with Crippen LogP contribution in [0.4, 0.5) is 5.82 Å². The lowest BCUT2D eigenvalue weighted by molar-refractivity contribution is 0.191. The molecule has 0 bridgehead atoms. The van der Waals surface area contributed by atoms with Gasteiger partial charge in [0.1, 0.15) is 11.6 Å². The van der Waals surface area contributed by atoms with Crippen molar-refractivity contribution in [1.82, 2.24) is 9.97 Å². The van der Waals surface area contributed by atoms with E-state index in [1.807, 2.05) is 48.5 Å².